The summed E-state index contributed by atoms with van der Waals surface area (Å²) < 4.78 is 33.9. The highest BCUT2D eigenvalue weighted by molar-refractivity contribution is 6.35. The first-order chi connectivity index (χ1) is 41.0. The standard InChI is InChI=1S/C62H76Cl4N10O8.ClH/c1-75-37-51(49-31-47(63)33-55(65)53(49)39-75)43-7-5-9-45(29-43)57-35-59(73-41-71-57)67-13-17-79-21-25-83-27-23-81-19-15-69-61(77)11-3-4-12-62(78)70-16-20-82-24-28-84-26-22-80-18-14-68-60-36-58(72-42-74-60)46-10-6-8-44(30-46)52-38-76(2)40-54-50(52)32-48(64)34-56(54)66;/h5-10,29-36,41-42,51-52H,3-4,11-28,37-40H2,1-2H3,(H,69,77)(H,70,78)(H,67,71,73)(H,68,72,74);1H/t51-,52-;/m0./s1. The molecule has 2 aliphatic heterocycles. The van der Waals surface area contributed by atoms with E-state index in [1.807, 2.05) is 36.4 Å². The number of fused-ring (bicyclic) bond motifs is 2. The van der Waals surface area contributed by atoms with E-state index in [1.165, 1.54) is 22.3 Å². The average molecular weight is 1270 g/mol. The monoisotopic (exact) mass is 1260 g/mol. The number of rotatable bonds is 35. The van der Waals surface area contributed by atoms with Crippen LogP contribution in [0.2, 0.25) is 20.1 Å². The Morgan fingerprint density at radius 2 is 0.871 bits per heavy atom. The number of hydrogen-bond acceptors (Lipinski definition) is 16. The quantitative estimate of drug-likeness (QED) is 0.0274. The summed E-state index contributed by atoms with van der Waals surface area (Å²) in [4.78, 5) is 47.0. The van der Waals surface area contributed by atoms with E-state index in [0.717, 1.165) is 59.8 Å². The summed E-state index contributed by atoms with van der Waals surface area (Å²) >= 11 is 26.1. The van der Waals surface area contributed by atoms with Gasteiger partial charge in [0.1, 0.15) is 24.3 Å². The first kappa shape index (κ1) is 67.2. The Kier molecular flexibility index (Phi) is 28.6. The van der Waals surface area contributed by atoms with Gasteiger partial charge < -0.3 is 59.5 Å². The maximum Gasteiger partial charge on any atom is 0.220 e. The molecule has 23 heteroatoms. The van der Waals surface area contributed by atoms with Gasteiger partial charge in [0.15, 0.2) is 0 Å². The molecule has 2 aromatic heterocycles. The zero-order valence-corrected chi connectivity index (χ0v) is 52.1. The molecule has 2 amide bonds. The van der Waals surface area contributed by atoms with Gasteiger partial charge in [-0.05, 0) is 96.7 Å². The van der Waals surface area contributed by atoms with E-state index in [2.05, 4.69) is 114 Å². The van der Waals surface area contributed by atoms with E-state index in [0.29, 0.717) is 163 Å². The Balaban J connectivity index is 0.0000104. The normalized spacial score (nSPS) is 14.9. The summed E-state index contributed by atoms with van der Waals surface area (Å²) in [6, 6.07) is 28.5. The minimum absolute atomic E-state index is 0. The summed E-state index contributed by atoms with van der Waals surface area (Å²) in [6.07, 6.45) is 5.04. The highest BCUT2D eigenvalue weighted by atomic mass is 35.5. The van der Waals surface area contributed by atoms with E-state index in [1.54, 1.807) is 12.7 Å². The average Bonchev–Trinajstić information content (AvgIpc) is 3.40. The number of amides is 2. The molecular weight excluding hydrogens is 1190 g/mol. The molecule has 0 saturated heterocycles. The van der Waals surface area contributed by atoms with Gasteiger partial charge in [0.05, 0.1) is 90.7 Å². The summed E-state index contributed by atoms with van der Waals surface area (Å²) in [5, 5.41) is 15.0. The maximum absolute atomic E-state index is 12.2. The number of nitrogens with zero attached hydrogens (tertiary/aromatic N) is 6. The fourth-order valence-electron chi connectivity index (χ4n) is 10.2. The maximum atomic E-state index is 12.2. The van der Waals surface area contributed by atoms with Crippen LogP contribution >= 0.6 is 58.8 Å². The molecule has 2 atom stereocenters. The van der Waals surface area contributed by atoms with Gasteiger partial charge in [-0.25, -0.2) is 19.9 Å². The van der Waals surface area contributed by atoms with Crippen molar-refractivity contribution in [2.75, 3.05) is 143 Å². The first-order valence-corrected chi connectivity index (χ1v) is 30.1. The summed E-state index contributed by atoms with van der Waals surface area (Å²) in [5.41, 5.74) is 10.5. The molecule has 0 radical (unpaired) electrons. The van der Waals surface area contributed by atoms with Crippen LogP contribution in [0.4, 0.5) is 11.6 Å². The number of likely N-dealkylation sites (N-methyl/N-ethyl adjacent to an activating group) is 2. The lowest BCUT2D eigenvalue weighted by Crippen LogP contribution is -2.31. The molecule has 6 aromatic rings. The van der Waals surface area contributed by atoms with Gasteiger partial charge in [-0.1, -0.05) is 82.8 Å². The molecule has 0 bridgehead atoms. The number of carbonyl (C=O) groups excluding carboxylic acids is 2. The molecular formula is C62H77Cl5N10O8. The molecule has 0 fully saturated rings. The smallest absolute Gasteiger partial charge is 0.220 e. The first-order valence-electron chi connectivity index (χ1n) is 28.6. The molecule has 85 heavy (non-hydrogen) atoms. The minimum atomic E-state index is -0.0702. The fraction of sp³-hybridized carbons (Fsp3) is 0.452. The fourth-order valence-corrected chi connectivity index (χ4v) is 11.3. The lowest BCUT2D eigenvalue weighted by molar-refractivity contribution is -0.123. The lowest BCUT2D eigenvalue weighted by atomic mass is 9.84. The number of aromatic nitrogens is 4. The van der Waals surface area contributed by atoms with Gasteiger partial charge >= 0.3 is 0 Å². The topological polar surface area (TPSA) is 196 Å². The Morgan fingerprint density at radius 3 is 1.27 bits per heavy atom. The number of carbonyl (C=O) groups is 2. The Morgan fingerprint density at radius 1 is 0.494 bits per heavy atom. The Labute approximate surface area is 525 Å². The van der Waals surface area contributed by atoms with Gasteiger partial charge in [-0.3, -0.25) is 9.59 Å². The van der Waals surface area contributed by atoms with Crippen molar-refractivity contribution in [3.05, 3.63) is 151 Å². The molecule has 0 unspecified atom stereocenters. The second-order valence-corrected chi connectivity index (χ2v) is 22.4. The molecule has 4 aromatic carbocycles. The van der Waals surface area contributed by atoms with Crippen molar-refractivity contribution in [2.24, 2.45) is 0 Å². The highest BCUT2D eigenvalue weighted by Gasteiger charge is 2.29. The molecule has 18 nitrogen and oxygen atoms in total. The van der Waals surface area contributed by atoms with Gasteiger partial charge in [-0.15, -0.1) is 12.4 Å². The molecule has 4 heterocycles. The molecule has 8 rings (SSSR count). The van der Waals surface area contributed by atoms with Crippen molar-refractivity contribution >= 4 is 82.3 Å². The van der Waals surface area contributed by atoms with Crippen LogP contribution < -0.4 is 21.3 Å². The summed E-state index contributed by atoms with van der Waals surface area (Å²) in [5.74, 6) is 1.54. The van der Waals surface area contributed by atoms with Crippen molar-refractivity contribution in [1.29, 1.82) is 0 Å². The van der Waals surface area contributed by atoms with Crippen LogP contribution in [0.15, 0.2) is 97.6 Å². The van der Waals surface area contributed by atoms with Crippen LogP contribution in [0.25, 0.3) is 22.5 Å². The van der Waals surface area contributed by atoms with Gasteiger partial charge in [0, 0.05) is 120 Å². The third-order valence-corrected chi connectivity index (χ3v) is 15.4. The second-order valence-electron chi connectivity index (χ2n) is 20.7. The number of anilines is 2. The number of benzene rings is 4. The van der Waals surface area contributed by atoms with E-state index in [-0.39, 0.29) is 36.1 Å². The van der Waals surface area contributed by atoms with Gasteiger partial charge in [0.2, 0.25) is 11.8 Å². The largest absolute Gasteiger partial charge is 0.377 e. The second kappa shape index (κ2) is 36.1. The van der Waals surface area contributed by atoms with Gasteiger partial charge in [-0.2, -0.15) is 0 Å². The highest BCUT2D eigenvalue weighted by Crippen LogP contribution is 2.41. The van der Waals surface area contributed by atoms with Crippen LogP contribution in [0.1, 0.15) is 70.9 Å². The van der Waals surface area contributed by atoms with Crippen LogP contribution in [-0.4, -0.2) is 174 Å². The molecule has 4 N–H and O–H groups in total. The Bertz CT molecular complexity index is 2860. The van der Waals surface area contributed by atoms with Crippen molar-refractivity contribution in [2.45, 2.75) is 50.6 Å². The number of nitrogens with one attached hydrogen (secondary N) is 4. The summed E-state index contributed by atoms with van der Waals surface area (Å²) in [7, 11) is 4.21. The zero-order valence-electron chi connectivity index (χ0n) is 48.2. The molecule has 0 saturated carbocycles. The van der Waals surface area contributed by atoms with Crippen LogP contribution in [0, 0.1) is 0 Å². The third-order valence-electron chi connectivity index (χ3n) is 14.3. The predicted octanol–water partition coefficient (Wildman–Crippen LogP) is 10.2. The molecule has 458 valence electrons. The number of halogens is 5. The molecule has 0 aliphatic carbocycles. The van der Waals surface area contributed by atoms with Crippen molar-refractivity contribution in [3.8, 4) is 22.5 Å². The number of hydrogen-bond donors (Lipinski definition) is 4. The summed E-state index contributed by atoms with van der Waals surface area (Å²) in [6.45, 7) is 10.4. The van der Waals surface area contributed by atoms with E-state index < -0.39 is 0 Å². The lowest BCUT2D eigenvalue weighted by Gasteiger charge is -2.33. The van der Waals surface area contributed by atoms with E-state index in [9.17, 15) is 9.59 Å². The molecule has 0 spiro atoms. The van der Waals surface area contributed by atoms with Gasteiger partial charge in [0.25, 0.3) is 0 Å². The third kappa shape index (κ3) is 21.8. The van der Waals surface area contributed by atoms with E-state index in [4.69, 9.17) is 74.8 Å². The van der Waals surface area contributed by atoms with Crippen LogP contribution in [-0.2, 0) is 51.1 Å². The Hall–Kier alpha value is -5.29. The minimum Gasteiger partial charge on any atom is -0.377 e. The van der Waals surface area contributed by atoms with Crippen molar-refractivity contribution < 1.29 is 38.0 Å². The van der Waals surface area contributed by atoms with Crippen LogP contribution in [0.5, 0.6) is 0 Å². The number of unbranched alkanes of at least 4 members (excludes halogenated alkanes) is 1. The predicted molar refractivity (Wildman–Crippen MR) is 338 cm³/mol. The van der Waals surface area contributed by atoms with Crippen LogP contribution in [0.3, 0.4) is 0 Å². The van der Waals surface area contributed by atoms with Crippen molar-refractivity contribution in [1.82, 2.24) is 40.4 Å². The van der Waals surface area contributed by atoms with E-state index >= 15 is 0 Å². The number of ether oxygens (including phenoxy) is 6. The van der Waals surface area contributed by atoms with Crippen molar-refractivity contribution in [3.63, 3.8) is 0 Å². The zero-order chi connectivity index (χ0) is 58.9. The molecule has 2 aliphatic rings. The SMILES string of the molecule is CN1Cc2c(Cl)cc(Cl)cc2[C@H](c2cccc(-c3cc(NCCOCCOCCOCCNC(=O)CCCCC(=O)NCCOCCOCCOCCNc4cc(-c5cccc([C@@H]6CN(C)Cc7c(Cl)cc(Cl)cc76)c5)ncn4)ncn3)c2)C1.Cl.